The molecule has 1 N–H and O–H groups in total. The van der Waals surface area contributed by atoms with E-state index in [4.69, 9.17) is 5.11 Å². The quantitative estimate of drug-likeness (QED) is 0.810. The number of carboxylic acid groups (broad SMARTS) is 1. The smallest absolute Gasteiger partial charge is 0.335 e. The maximum Gasteiger partial charge on any atom is 0.335 e. The van der Waals surface area contributed by atoms with Gasteiger partial charge in [-0.05, 0) is 59.6 Å². The van der Waals surface area contributed by atoms with Crippen LogP contribution in [0.1, 0.15) is 54.7 Å². The maximum absolute atomic E-state index is 11.2. The highest BCUT2D eigenvalue weighted by molar-refractivity contribution is 5.90. The van der Waals surface area contributed by atoms with Crippen molar-refractivity contribution in [2.24, 2.45) is 5.92 Å². The minimum absolute atomic E-state index is 0.0515. The molecule has 0 amide bonds. The first kappa shape index (κ1) is 12.9. The number of carbonyl (C=O) groups is 1. The summed E-state index contributed by atoms with van der Waals surface area (Å²) in [6, 6.07) is 3.60. The van der Waals surface area contributed by atoms with Crippen molar-refractivity contribution < 1.29 is 9.90 Å². The van der Waals surface area contributed by atoms with Crippen LogP contribution in [-0.4, -0.2) is 11.1 Å². The molecule has 1 aromatic rings. The first-order valence-corrected chi connectivity index (χ1v) is 6.32. The Bertz CT molecular complexity index is 550. The van der Waals surface area contributed by atoms with E-state index in [9.17, 15) is 4.79 Å². The van der Waals surface area contributed by atoms with Crippen molar-refractivity contribution >= 4 is 11.5 Å². The third-order valence-electron chi connectivity index (χ3n) is 4.29. The minimum atomic E-state index is -0.856. The third-order valence-corrected chi connectivity index (χ3v) is 4.29. The molecule has 0 spiro atoms. The predicted molar refractivity (Wildman–Crippen MR) is 74.0 cm³/mol. The second kappa shape index (κ2) is 3.98. The molecule has 0 fully saturated rings. The molecule has 0 heterocycles. The average Bonchev–Trinajstić information content (AvgIpc) is 2.25. The van der Waals surface area contributed by atoms with Crippen molar-refractivity contribution in [3.05, 3.63) is 40.5 Å². The Morgan fingerprint density at radius 3 is 2.44 bits per heavy atom. The molecule has 18 heavy (non-hydrogen) atoms. The SMILES string of the molecule is CC1=CC(C)C(C)(C)c2c(C)cc(C(=O)O)cc21. The Balaban J connectivity index is 2.77. The van der Waals surface area contributed by atoms with Gasteiger partial charge in [-0.15, -0.1) is 0 Å². The van der Waals surface area contributed by atoms with E-state index in [0.717, 1.165) is 11.1 Å². The molecule has 2 rings (SSSR count). The van der Waals surface area contributed by atoms with Crippen LogP contribution in [0, 0.1) is 12.8 Å². The summed E-state index contributed by atoms with van der Waals surface area (Å²) in [5.41, 5.74) is 5.08. The maximum atomic E-state index is 11.2. The molecule has 0 aromatic heterocycles. The lowest BCUT2D eigenvalue weighted by Gasteiger charge is -2.38. The summed E-state index contributed by atoms with van der Waals surface area (Å²) in [5, 5.41) is 9.16. The molecule has 1 aliphatic carbocycles. The fourth-order valence-corrected chi connectivity index (χ4v) is 2.98. The lowest BCUT2D eigenvalue weighted by atomic mass is 9.66. The van der Waals surface area contributed by atoms with Gasteiger partial charge < -0.3 is 5.11 Å². The minimum Gasteiger partial charge on any atom is -0.478 e. The van der Waals surface area contributed by atoms with E-state index < -0.39 is 5.97 Å². The first-order chi connectivity index (χ1) is 8.25. The first-order valence-electron chi connectivity index (χ1n) is 6.32. The molecule has 0 aliphatic heterocycles. The van der Waals surface area contributed by atoms with E-state index in [2.05, 4.69) is 33.8 Å². The molecule has 96 valence electrons. The Morgan fingerprint density at radius 2 is 1.89 bits per heavy atom. The van der Waals surface area contributed by atoms with E-state index in [1.807, 2.05) is 13.0 Å². The summed E-state index contributed by atoms with van der Waals surface area (Å²) in [7, 11) is 0. The van der Waals surface area contributed by atoms with Gasteiger partial charge in [-0.1, -0.05) is 26.8 Å². The van der Waals surface area contributed by atoms with Crippen molar-refractivity contribution in [2.75, 3.05) is 0 Å². The van der Waals surface area contributed by atoms with Gasteiger partial charge in [0, 0.05) is 0 Å². The number of fused-ring (bicyclic) bond motifs is 1. The molecule has 1 aromatic carbocycles. The molecule has 1 atom stereocenters. The zero-order valence-corrected chi connectivity index (χ0v) is 11.7. The zero-order valence-electron chi connectivity index (χ0n) is 11.7. The Kier molecular flexibility index (Phi) is 2.84. The monoisotopic (exact) mass is 244 g/mol. The number of aryl methyl sites for hydroxylation is 1. The van der Waals surface area contributed by atoms with Gasteiger partial charge in [0.25, 0.3) is 0 Å². The van der Waals surface area contributed by atoms with Crippen molar-refractivity contribution in [3.63, 3.8) is 0 Å². The molecule has 2 heteroatoms. The Morgan fingerprint density at radius 1 is 1.28 bits per heavy atom. The summed E-state index contributed by atoms with van der Waals surface area (Å²) in [4.78, 5) is 11.2. The Hall–Kier alpha value is -1.57. The number of benzene rings is 1. The lowest BCUT2D eigenvalue weighted by molar-refractivity contribution is 0.0696. The second-order valence-electron chi connectivity index (χ2n) is 5.88. The molecule has 0 saturated heterocycles. The number of carboxylic acids is 1. The highest BCUT2D eigenvalue weighted by atomic mass is 16.4. The summed E-state index contributed by atoms with van der Waals surface area (Å²) < 4.78 is 0. The largest absolute Gasteiger partial charge is 0.478 e. The molecular weight excluding hydrogens is 224 g/mol. The lowest BCUT2D eigenvalue weighted by Crippen LogP contribution is -2.30. The van der Waals surface area contributed by atoms with Gasteiger partial charge in [0.1, 0.15) is 0 Å². The van der Waals surface area contributed by atoms with Crippen LogP contribution in [0.15, 0.2) is 18.2 Å². The van der Waals surface area contributed by atoms with Crippen molar-refractivity contribution in [1.29, 1.82) is 0 Å². The number of hydrogen-bond acceptors (Lipinski definition) is 1. The van der Waals surface area contributed by atoms with Gasteiger partial charge in [-0.25, -0.2) is 4.79 Å². The molecule has 1 aliphatic rings. The van der Waals surface area contributed by atoms with Gasteiger partial charge in [-0.2, -0.15) is 0 Å². The second-order valence-corrected chi connectivity index (χ2v) is 5.88. The van der Waals surface area contributed by atoms with E-state index in [1.165, 1.54) is 11.1 Å². The van der Waals surface area contributed by atoms with Crippen LogP contribution in [0.4, 0.5) is 0 Å². The van der Waals surface area contributed by atoms with Gasteiger partial charge in [-0.3, -0.25) is 0 Å². The summed E-state index contributed by atoms with van der Waals surface area (Å²) in [5.74, 6) is -0.399. The predicted octanol–water partition coefficient (Wildman–Crippen LogP) is 4.02. The molecule has 1 unspecified atom stereocenters. The molecule has 0 bridgehead atoms. The van der Waals surface area contributed by atoms with Crippen LogP contribution in [0.3, 0.4) is 0 Å². The topological polar surface area (TPSA) is 37.3 Å². The van der Waals surface area contributed by atoms with E-state index >= 15 is 0 Å². The van der Waals surface area contributed by atoms with E-state index in [1.54, 1.807) is 6.07 Å². The van der Waals surface area contributed by atoms with E-state index in [-0.39, 0.29) is 5.41 Å². The number of aromatic carboxylic acids is 1. The van der Waals surface area contributed by atoms with Crippen LogP contribution >= 0.6 is 0 Å². The highest BCUT2D eigenvalue weighted by Crippen LogP contribution is 2.44. The zero-order chi connectivity index (χ0) is 13.7. The van der Waals surface area contributed by atoms with Gasteiger partial charge in [0.15, 0.2) is 0 Å². The van der Waals surface area contributed by atoms with Gasteiger partial charge >= 0.3 is 5.97 Å². The standard InChI is InChI=1S/C16H20O2/c1-9-6-11(3)16(4,5)14-10(2)7-12(15(17)18)8-13(9)14/h6-8,11H,1-5H3,(H,17,18). The molecule has 2 nitrogen and oxygen atoms in total. The van der Waals surface area contributed by atoms with Crippen LogP contribution in [0.2, 0.25) is 0 Å². The molecular formula is C16H20O2. The van der Waals surface area contributed by atoms with Gasteiger partial charge in [0.05, 0.1) is 5.56 Å². The third kappa shape index (κ3) is 1.76. The fourth-order valence-electron chi connectivity index (χ4n) is 2.98. The summed E-state index contributed by atoms with van der Waals surface area (Å²) in [6.45, 7) is 10.8. The van der Waals surface area contributed by atoms with Crippen LogP contribution in [-0.2, 0) is 5.41 Å². The number of allylic oxidation sites excluding steroid dienone is 2. The molecule has 0 radical (unpaired) electrons. The van der Waals surface area contributed by atoms with Crippen molar-refractivity contribution in [3.8, 4) is 0 Å². The Labute approximate surface area is 108 Å². The summed E-state index contributed by atoms with van der Waals surface area (Å²) >= 11 is 0. The van der Waals surface area contributed by atoms with Gasteiger partial charge in [0.2, 0.25) is 0 Å². The average molecular weight is 244 g/mol. The van der Waals surface area contributed by atoms with Crippen LogP contribution in [0.25, 0.3) is 5.57 Å². The van der Waals surface area contributed by atoms with Crippen molar-refractivity contribution in [2.45, 2.75) is 40.0 Å². The highest BCUT2D eigenvalue weighted by Gasteiger charge is 2.34. The number of hydrogen-bond donors (Lipinski definition) is 1. The fraction of sp³-hybridized carbons (Fsp3) is 0.438. The normalized spacial score (nSPS) is 21.2. The van der Waals surface area contributed by atoms with Crippen molar-refractivity contribution in [1.82, 2.24) is 0 Å². The summed E-state index contributed by atoms with van der Waals surface area (Å²) in [6.07, 6.45) is 2.24. The van der Waals surface area contributed by atoms with E-state index in [0.29, 0.717) is 11.5 Å². The van der Waals surface area contributed by atoms with Crippen LogP contribution < -0.4 is 0 Å². The number of rotatable bonds is 1. The van der Waals surface area contributed by atoms with Crippen LogP contribution in [0.5, 0.6) is 0 Å². The molecule has 0 saturated carbocycles.